The van der Waals surface area contributed by atoms with E-state index in [2.05, 4.69) is 6.07 Å². The maximum absolute atomic E-state index is 9.80. The molecule has 4 aromatic rings. The highest BCUT2D eigenvalue weighted by Gasteiger charge is 2.24. The van der Waals surface area contributed by atoms with Crippen LogP contribution in [0.4, 0.5) is 5.82 Å². The van der Waals surface area contributed by atoms with E-state index in [1.165, 1.54) is 0 Å². The lowest BCUT2D eigenvalue weighted by atomic mass is 9.98. The van der Waals surface area contributed by atoms with Crippen molar-refractivity contribution in [2.45, 2.75) is 6.54 Å². The van der Waals surface area contributed by atoms with E-state index in [9.17, 15) is 5.26 Å². The molecular formula is C22H17N3O. The summed E-state index contributed by atoms with van der Waals surface area (Å²) in [5.41, 5.74) is 10.6. The van der Waals surface area contributed by atoms with E-state index in [-0.39, 0.29) is 0 Å². The first-order chi connectivity index (χ1) is 12.8. The van der Waals surface area contributed by atoms with Crippen molar-refractivity contribution in [2.75, 3.05) is 5.73 Å². The summed E-state index contributed by atoms with van der Waals surface area (Å²) in [6, 6.07) is 25.9. The number of benzene rings is 2. The average molecular weight is 339 g/mol. The third kappa shape index (κ3) is 2.66. The number of rotatable bonds is 4. The number of anilines is 1. The number of furan rings is 1. The van der Waals surface area contributed by atoms with Crippen LogP contribution in [0.2, 0.25) is 0 Å². The van der Waals surface area contributed by atoms with E-state index in [1.807, 2.05) is 77.4 Å². The van der Waals surface area contributed by atoms with Crippen LogP contribution in [0.25, 0.3) is 22.4 Å². The normalized spacial score (nSPS) is 10.6. The van der Waals surface area contributed by atoms with Gasteiger partial charge in [0.15, 0.2) is 0 Å². The molecule has 0 spiro atoms. The van der Waals surface area contributed by atoms with E-state index < -0.39 is 0 Å². The molecule has 0 aliphatic carbocycles. The zero-order chi connectivity index (χ0) is 17.9. The summed E-state index contributed by atoms with van der Waals surface area (Å²) in [7, 11) is 0. The number of nitrogens with two attached hydrogens (primary N) is 1. The highest BCUT2D eigenvalue weighted by Crippen LogP contribution is 2.40. The summed E-state index contributed by atoms with van der Waals surface area (Å²) in [4.78, 5) is 0. The molecule has 2 aromatic heterocycles. The molecule has 2 heterocycles. The van der Waals surface area contributed by atoms with Crippen molar-refractivity contribution >= 4 is 5.82 Å². The average Bonchev–Trinajstić information content (AvgIpc) is 3.30. The number of nitrogens with zero attached hydrogens (tertiary/aromatic N) is 2. The summed E-state index contributed by atoms with van der Waals surface area (Å²) in [6.07, 6.45) is 1.64. The number of hydrogen-bond donors (Lipinski definition) is 1. The third-order valence-electron chi connectivity index (χ3n) is 4.42. The maximum atomic E-state index is 9.80. The van der Waals surface area contributed by atoms with Gasteiger partial charge in [-0.25, -0.2) is 0 Å². The minimum absolute atomic E-state index is 0.446. The van der Waals surface area contributed by atoms with Crippen molar-refractivity contribution in [3.8, 4) is 28.5 Å². The predicted molar refractivity (Wildman–Crippen MR) is 102 cm³/mol. The van der Waals surface area contributed by atoms with Crippen LogP contribution in [0.3, 0.4) is 0 Å². The van der Waals surface area contributed by atoms with Gasteiger partial charge in [0.25, 0.3) is 0 Å². The lowest BCUT2D eigenvalue weighted by molar-refractivity contribution is 0.496. The van der Waals surface area contributed by atoms with Gasteiger partial charge in [-0.15, -0.1) is 0 Å². The molecule has 0 aliphatic heterocycles. The smallest absolute Gasteiger partial charge is 0.123 e. The Labute approximate surface area is 151 Å². The van der Waals surface area contributed by atoms with Crippen molar-refractivity contribution < 1.29 is 4.42 Å². The Morgan fingerprint density at radius 1 is 0.885 bits per heavy atom. The van der Waals surface area contributed by atoms with E-state index >= 15 is 0 Å². The highest BCUT2D eigenvalue weighted by atomic mass is 16.3. The Balaban J connectivity index is 2.03. The number of hydrogen-bond acceptors (Lipinski definition) is 3. The molecule has 2 N–H and O–H groups in total. The molecule has 0 amide bonds. The molecule has 4 nitrogen and oxygen atoms in total. The second-order valence-electron chi connectivity index (χ2n) is 5.99. The summed E-state index contributed by atoms with van der Waals surface area (Å²) >= 11 is 0. The molecule has 0 unspecified atom stereocenters. The molecule has 0 bridgehead atoms. The summed E-state index contributed by atoms with van der Waals surface area (Å²) in [6.45, 7) is 0.463. The monoisotopic (exact) mass is 339 g/mol. The Morgan fingerprint density at radius 3 is 2.12 bits per heavy atom. The van der Waals surface area contributed by atoms with Gasteiger partial charge in [-0.3, -0.25) is 0 Å². The standard InChI is InChI=1S/C22H17N3O/c23-14-19-20(16-8-3-1-4-9-16)21(17-10-5-2-6-11-17)25(22(19)24)15-18-12-7-13-26-18/h1-13H,15,24H2. The lowest BCUT2D eigenvalue weighted by Crippen LogP contribution is -2.05. The van der Waals surface area contributed by atoms with Crippen LogP contribution in [0.15, 0.2) is 83.5 Å². The molecular weight excluding hydrogens is 322 g/mol. The zero-order valence-electron chi connectivity index (χ0n) is 14.1. The fraction of sp³-hybridized carbons (Fsp3) is 0.0455. The quantitative estimate of drug-likeness (QED) is 0.574. The molecule has 2 aromatic carbocycles. The molecule has 4 heteroatoms. The van der Waals surface area contributed by atoms with Gasteiger partial charge in [0.2, 0.25) is 0 Å². The number of aromatic nitrogens is 1. The Morgan fingerprint density at radius 2 is 1.54 bits per heavy atom. The van der Waals surface area contributed by atoms with Crippen molar-refractivity contribution in [2.24, 2.45) is 0 Å². The van der Waals surface area contributed by atoms with Crippen molar-refractivity contribution in [3.63, 3.8) is 0 Å². The molecule has 0 radical (unpaired) electrons. The number of nitriles is 1. The Hall–Kier alpha value is -3.71. The second-order valence-corrected chi connectivity index (χ2v) is 5.99. The van der Waals surface area contributed by atoms with Crippen molar-refractivity contribution in [1.82, 2.24) is 4.57 Å². The molecule has 0 fully saturated rings. The number of nitrogen functional groups attached to an aromatic ring is 1. The van der Waals surface area contributed by atoms with E-state index in [0.717, 1.165) is 28.1 Å². The van der Waals surface area contributed by atoms with Gasteiger partial charge in [-0.05, 0) is 23.3 Å². The van der Waals surface area contributed by atoms with Gasteiger partial charge in [-0.1, -0.05) is 60.7 Å². The fourth-order valence-electron chi connectivity index (χ4n) is 3.25. The Kier molecular flexibility index (Phi) is 4.04. The third-order valence-corrected chi connectivity index (χ3v) is 4.42. The highest BCUT2D eigenvalue weighted by molar-refractivity contribution is 5.90. The van der Waals surface area contributed by atoms with Crippen LogP contribution >= 0.6 is 0 Å². The lowest BCUT2D eigenvalue weighted by Gasteiger charge is -2.12. The largest absolute Gasteiger partial charge is 0.467 e. The Bertz CT molecular complexity index is 1060. The SMILES string of the molecule is N#Cc1c(-c2ccccc2)c(-c2ccccc2)n(Cc2ccco2)c1N. The molecule has 4 rings (SSSR count). The van der Waals surface area contributed by atoms with Crippen LogP contribution in [0.1, 0.15) is 11.3 Å². The van der Waals surface area contributed by atoms with Crippen LogP contribution in [0, 0.1) is 11.3 Å². The summed E-state index contributed by atoms with van der Waals surface area (Å²) in [5.74, 6) is 1.23. The van der Waals surface area contributed by atoms with Crippen LogP contribution in [0.5, 0.6) is 0 Å². The molecule has 0 aliphatic rings. The first-order valence-electron chi connectivity index (χ1n) is 8.35. The maximum Gasteiger partial charge on any atom is 0.123 e. The summed E-state index contributed by atoms with van der Waals surface area (Å²) < 4.78 is 7.47. The van der Waals surface area contributed by atoms with Gasteiger partial charge in [0.05, 0.1) is 18.5 Å². The van der Waals surface area contributed by atoms with Gasteiger partial charge in [-0.2, -0.15) is 5.26 Å². The van der Waals surface area contributed by atoms with Gasteiger partial charge >= 0.3 is 0 Å². The minimum atomic E-state index is 0.446. The minimum Gasteiger partial charge on any atom is -0.467 e. The fourth-order valence-corrected chi connectivity index (χ4v) is 3.25. The zero-order valence-corrected chi connectivity index (χ0v) is 14.1. The first kappa shape index (κ1) is 15.8. The molecule has 126 valence electrons. The molecule has 0 atom stereocenters. The van der Waals surface area contributed by atoms with Crippen molar-refractivity contribution in [3.05, 3.63) is 90.4 Å². The van der Waals surface area contributed by atoms with E-state index in [4.69, 9.17) is 10.2 Å². The second kappa shape index (κ2) is 6.66. The van der Waals surface area contributed by atoms with Crippen LogP contribution < -0.4 is 5.73 Å². The molecule has 0 saturated heterocycles. The topological polar surface area (TPSA) is 67.9 Å². The first-order valence-corrected chi connectivity index (χ1v) is 8.35. The van der Waals surface area contributed by atoms with Crippen molar-refractivity contribution in [1.29, 1.82) is 5.26 Å². The molecule has 26 heavy (non-hydrogen) atoms. The van der Waals surface area contributed by atoms with Gasteiger partial charge in [0.1, 0.15) is 23.2 Å². The summed E-state index contributed by atoms with van der Waals surface area (Å²) in [5, 5.41) is 9.80. The predicted octanol–water partition coefficient (Wildman–Crippen LogP) is 4.92. The van der Waals surface area contributed by atoms with Gasteiger partial charge < -0.3 is 14.7 Å². The molecule has 0 saturated carbocycles. The van der Waals surface area contributed by atoms with E-state index in [0.29, 0.717) is 17.9 Å². The van der Waals surface area contributed by atoms with Crippen LogP contribution in [-0.2, 0) is 6.54 Å². The van der Waals surface area contributed by atoms with Gasteiger partial charge in [0, 0.05) is 5.56 Å². The van der Waals surface area contributed by atoms with E-state index in [1.54, 1.807) is 6.26 Å². The van der Waals surface area contributed by atoms with Crippen LogP contribution in [-0.4, -0.2) is 4.57 Å².